The summed E-state index contributed by atoms with van der Waals surface area (Å²) in [5, 5.41) is 11.2. The van der Waals surface area contributed by atoms with Gasteiger partial charge in [-0.1, -0.05) is 42.5 Å². The Bertz CT molecular complexity index is 580. The lowest BCUT2D eigenvalue weighted by molar-refractivity contribution is -0.557. The second kappa shape index (κ2) is 5.56. The summed E-state index contributed by atoms with van der Waals surface area (Å²) in [5.41, 5.74) is 5.31. The van der Waals surface area contributed by atoms with Crippen molar-refractivity contribution in [2.75, 3.05) is 6.61 Å². The third-order valence-corrected chi connectivity index (χ3v) is 3.18. The first-order valence-electron chi connectivity index (χ1n) is 6.05. The summed E-state index contributed by atoms with van der Waals surface area (Å²) in [5.74, 6) is 0. The molecule has 1 aliphatic rings. The molecule has 6 heteroatoms. The Morgan fingerprint density at radius 3 is 2.60 bits per heavy atom. The standard InChI is InChI=1S/C14H14N2O4/c15-13(17)20-10-14(16(18)19)8-6-12(7-9-14)11-4-2-1-3-5-11/h1-8H,9-10H2,(H2,15,17). The molecule has 6 nitrogen and oxygen atoms in total. The molecule has 2 N–H and O–H groups in total. The molecular formula is C14H14N2O4. The van der Waals surface area contributed by atoms with Crippen LogP contribution in [0.15, 0.2) is 48.6 Å². The molecule has 0 saturated heterocycles. The van der Waals surface area contributed by atoms with E-state index in [0.717, 1.165) is 11.1 Å². The van der Waals surface area contributed by atoms with E-state index in [4.69, 9.17) is 5.73 Å². The van der Waals surface area contributed by atoms with Gasteiger partial charge in [0.25, 0.3) is 5.54 Å². The highest BCUT2D eigenvalue weighted by molar-refractivity contribution is 5.75. The molecule has 1 unspecified atom stereocenters. The van der Waals surface area contributed by atoms with E-state index in [2.05, 4.69) is 4.74 Å². The number of carbonyl (C=O) groups is 1. The third kappa shape index (κ3) is 2.85. The van der Waals surface area contributed by atoms with Crippen LogP contribution in [0.1, 0.15) is 12.0 Å². The van der Waals surface area contributed by atoms with Gasteiger partial charge in [0, 0.05) is 11.3 Å². The molecule has 0 aliphatic heterocycles. The van der Waals surface area contributed by atoms with Crippen molar-refractivity contribution in [3.05, 3.63) is 64.2 Å². The topological polar surface area (TPSA) is 95.5 Å². The van der Waals surface area contributed by atoms with E-state index in [9.17, 15) is 14.9 Å². The van der Waals surface area contributed by atoms with Gasteiger partial charge in [-0.3, -0.25) is 10.1 Å². The maximum atomic E-state index is 11.2. The Balaban J connectivity index is 2.18. The Hall–Kier alpha value is -2.63. The molecule has 1 aromatic rings. The van der Waals surface area contributed by atoms with E-state index < -0.39 is 16.6 Å². The summed E-state index contributed by atoms with van der Waals surface area (Å²) in [4.78, 5) is 21.4. The third-order valence-electron chi connectivity index (χ3n) is 3.18. The molecule has 0 aromatic heterocycles. The quantitative estimate of drug-likeness (QED) is 0.672. The first-order chi connectivity index (χ1) is 9.53. The molecule has 0 fully saturated rings. The molecule has 1 amide bonds. The molecule has 0 bridgehead atoms. The van der Waals surface area contributed by atoms with Crippen LogP contribution in [0.5, 0.6) is 0 Å². The van der Waals surface area contributed by atoms with E-state index in [0.29, 0.717) is 0 Å². The van der Waals surface area contributed by atoms with E-state index >= 15 is 0 Å². The number of carbonyl (C=O) groups excluding carboxylic acids is 1. The number of hydrogen-bond donors (Lipinski definition) is 1. The number of amides is 1. The van der Waals surface area contributed by atoms with Gasteiger partial charge >= 0.3 is 6.09 Å². The zero-order valence-corrected chi connectivity index (χ0v) is 10.7. The molecule has 1 atom stereocenters. The normalized spacial score (nSPS) is 21.1. The number of rotatable bonds is 4. The van der Waals surface area contributed by atoms with Gasteiger partial charge in [-0.2, -0.15) is 0 Å². The maximum Gasteiger partial charge on any atom is 0.404 e. The predicted molar refractivity (Wildman–Crippen MR) is 73.4 cm³/mol. The zero-order valence-electron chi connectivity index (χ0n) is 10.7. The summed E-state index contributed by atoms with van der Waals surface area (Å²) in [6.07, 6.45) is 4.03. The monoisotopic (exact) mass is 274 g/mol. The molecule has 1 aliphatic carbocycles. The molecular weight excluding hydrogens is 260 g/mol. The number of hydrogen-bond acceptors (Lipinski definition) is 4. The SMILES string of the molecule is NC(=O)OCC1([N+](=O)[O-])C=CC(c2ccccc2)=CC1. The number of ether oxygens (including phenoxy) is 1. The van der Waals surface area contributed by atoms with Crippen molar-refractivity contribution in [2.24, 2.45) is 5.73 Å². The van der Waals surface area contributed by atoms with Gasteiger partial charge in [0.15, 0.2) is 6.61 Å². The van der Waals surface area contributed by atoms with Gasteiger partial charge in [-0.25, -0.2) is 4.79 Å². The van der Waals surface area contributed by atoms with E-state index in [1.807, 2.05) is 30.3 Å². The van der Waals surface area contributed by atoms with E-state index in [1.54, 1.807) is 12.2 Å². The molecule has 20 heavy (non-hydrogen) atoms. The van der Waals surface area contributed by atoms with Crippen molar-refractivity contribution >= 4 is 11.7 Å². The number of nitrogens with two attached hydrogens (primary N) is 1. The van der Waals surface area contributed by atoms with Gasteiger partial charge in [0.1, 0.15) is 0 Å². The smallest absolute Gasteiger partial charge is 0.404 e. The number of nitro groups is 1. The molecule has 104 valence electrons. The number of nitrogens with zero attached hydrogens (tertiary/aromatic N) is 1. The highest BCUT2D eigenvalue weighted by Gasteiger charge is 2.42. The van der Waals surface area contributed by atoms with Crippen LogP contribution in [0, 0.1) is 10.1 Å². The van der Waals surface area contributed by atoms with Gasteiger partial charge < -0.3 is 10.5 Å². The predicted octanol–water partition coefficient (Wildman–Crippen LogP) is 2.14. The van der Waals surface area contributed by atoms with Crippen molar-refractivity contribution in [3.63, 3.8) is 0 Å². The van der Waals surface area contributed by atoms with Crippen LogP contribution in [0.25, 0.3) is 5.57 Å². The number of primary amides is 1. The fourth-order valence-electron chi connectivity index (χ4n) is 2.00. The van der Waals surface area contributed by atoms with Crippen LogP contribution in [0.3, 0.4) is 0 Å². The Morgan fingerprint density at radius 2 is 2.10 bits per heavy atom. The van der Waals surface area contributed by atoms with Gasteiger partial charge in [-0.15, -0.1) is 0 Å². The van der Waals surface area contributed by atoms with Crippen molar-refractivity contribution in [1.82, 2.24) is 0 Å². The number of allylic oxidation sites excluding steroid dienone is 2. The fraction of sp³-hybridized carbons (Fsp3) is 0.214. The second-order valence-electron chi connectivity index (χ2n) is 4.53. The molecule has 0 spiro atoms. The zero-order chi connectivity index (χ0) is 14.6. The second-order valence-corrected chi connectivity index (χ2v) is 4.53. The van der Waals surface area contributed by atoms with Crippen molar-refractivity contribution < 1.29 is 14.5 Å². The summed E-state index contributed by atoms with van der Waals surface area (Å²) < 4.78 is 4.60. The summed E-state index contributed by atoms with van der Waals surface area (Å²) >= 11 is 0. The van der Waals surface area contributed by atoms with Gasteiger partial charge in [-0.05, 0) is 17.2 Å². The van der Waals surface area contributed by atoms with Crippen LogP contribution in [0.2, 0.25) is 0 Å². The number of benzene rings is 1. The minimum atomic E-state index is -1.44. The van der Waals surface area contributed by atoms with Crippen LogP contribution in [-0.2, 0) is 4.74 Å². The van der Waals surface area contributed by atoms with E-state index in [1.165, 1.54) is 6.08 Å². The molecule has 1 aromatic carbocycles. The van der Waals surface area contributed by atoms with Gasteiger partial charge in [0.2, 0.25) is 0 Å². The lowest BCUT2D eigenvalue weighted by Gasteiger charge is -2.23. The van der Waals surface area contributed by atoms with E-state index in [-0.39, 0.29) is 13.0 Å². The summed E-state index contributed by atoms with van der Waals surface area (Å²) in [7, 11) is 0. The Kier molecular flexibility index (Phi) is 3.84. The average Bonchev–Trinajstić information content (AvgIpc) is 2.46. The van der Waals surface area contributed by atoms with Crippen LogP contribution in [0.4, 0.5) is 4.79 Å². The molecule has 0 heterocycles. The van der Waals surface area contributed by atoms with Crippen molar-refractivity contribution in [3.8, 4) is 0 Å². The van der Waals surface area contributed by atoms with Crippen LogP contribution >= 0.6 is 0 Å². The lowest BCUT2D eigenvalue weighted by Crippen LogP contribution is -2.43. The average molecular weight is 274 g/mol. The Labute approximate surface area is 115 Å². The van der Waals surface area contributed by atoms with Crippen LogP contribution < -0.4 is 5.73 Å². The minimum Gasteiger partial charge on any atom is -0.442 e. The lowest BCUT2D eigenvalue weighted by atomic mass is 9.88. The Morgan fingerprint density at radius 1 is 1.40 bits per heavy atom. The van der Waals surface area contributed by atoms with Crippen LogP contribution in [-0.4, -0.2) is 23.2 Å². The van der Waals surface area contributed by atoms with Crippen molar-refractivity contribution in [2.45, 2.75) is 12.0 Å². The minimum absolute atomic E-state index is 0.147. The first kappa shape index (κ1) is 13.8. The maximum absolute atomic E-state index is 11.2. The summed E-state index contributed by atoms with van der Waals surface area (Å²) in [6, 6.07) is 9.55. The highest BCUT2D eigenvalue weighted by Crippen LogP contribution is 2.29. The fourth-order valence-corrected chi connectivity index (χ4v) is 2.00. The molecule has 0 saturated carbocycles. The first-order valence-corrected chi connectivity index (χ1v) is 6.05. The highest BCUT2D eigenvalue weighted by atomic mass is 16.6. The largest absolute Gasteiger partial charge is 0.442 e. The van der Waals surface area contributed by atoms with Gasteiger partial charge in [0.05, 0.1) is 0 Å². The van der Waals surface area contributed by atoms with Crippen molar-refractivity contribution in [1.29, 1.82) is 0 Å². The molecule has 0 radical (unpaired) electrons. The molecule has 2 rings (SSSR count). The summed E-state index contributed by atoms with van der Waals surface area (Å²) in [6.45, 7) is -0.371.